The maximum Gasteiger partial charge on any atom is 0.295 e. The number of imidazole rings is 1. The van der Waals surface area contributed by atoms with E-state index < -0.39 is 6.08 Å². The number of aromatic nitrogens is 7. The lowest BCUT2D eigenvalue weighted by atomic mass is 10.2. The van der Waals surface area contributed by atoms with Gasteiger partial charge in [0.1, 0.15) is 11.5 Å². The molecule has 0 saturated heterocycles. The average molecular weight is 389 g/mol. The summed E-state index contributed by atoms with van der Waals surface area (Å²) in [7, 11) is 0. The van der Waals surface area contributed by atoms with Crippen LogP contribution in [0.5, 0.6) is 0 Å². The first-order valence-electron chi connectivity index (χ1n) is 8.59. The number of nitrogens with zero attached hydrogens (tertiary/aromatic N) is 7. The predicted molar refractivity (Wildman–Crippen MR) is 97.9 cm³/mol. The Kier molecular flexibility index (Phi) is 3.08. The standard InChI is InChI=1S/C19H9F2N7O/c20-11-7-5-10(6-8-11)18-23-15(26-29-18)17-25-24-16-12-3-1-2-4-13(12)27-14(28(16)17)9-22-19(27)21/h1-9H. The Labute approximate surface area is 160 Å². The number of fused-ring (bicyclic) bond motifs is 6. The van der Waals surface area contributed by atoms with Crippen molar-refractivity contribution in [2.45, 2.75) is 0 Å². The second-order valence-electron chi connectivity index (χ2n) is 6.35. The van der Waals surface area contributed by atoms with Gasteiger partial charge in [0.2, 0.25) is 11.6 Å². The van der Waals surface area contributed by atoms with Crippen molar-refractivity contribution in [1.29, 1.82) is 0 Å². The van der Waals surface area contributed by atoms with Crippen LogP contribution in [0.1, 0.15) is 0 Å². The third-order valence-corrected chi connectivity index (χ3v) is 4.70. The van der Waals surface area contributed by atoms with Gasteiger partial charge in [-0.3, -0.25) is 8.80 Å². The van der Waals surface area contributed by atoms with Crippen molar-refractivity contribution in [3.8, 4) is 23.1 Å². The van der Waals surface area contributed by atoms with Crippen LogP contribution in [-0.4, -0.2) is 34.1 Å². The van der Waals surface area contributed by atoms with Crippen molar-refractivity contribution in [1.82, 2.24) is 34.1 Å². The number of halogens is 2. The molecule has 0 atom stereocenters. The zero-order chi connectivity index (χ0) is 19.5. The van der Waals surface area contributed by atoms with Crippen molar-refractivity contribution in [2.75, 3.05) is 0 Å². The van der Waals surface area contributed by atoms with Crippen molar-refractivity contribution >= 4 is 22.2 Å². The zero-order valence-electron chi connectivity index (χ0n) is 14.5. The van der Waals surface area contributed by atoms with Crippen molar-refractivity contribution in [3.63, 3.8) is 0 Å². The van der Waals surface area contributed by atoms with E-state index in [4.69, 9.17) is 4.52 Å². The highest BCUT2D eigenvalue weighted by Gasteiger charge is 2.21. The molecule has 0 amide bonds. The molecule has 0 radical (unpaired) electrons. The summed E-state index contributed by atoms with van der Waals surface area (Å²) in [4.78, 5) is 8.14. The van der Waals surface area contributed by atoms with Crippen LogP contribution in [0.4, 0.5) is 8.78 Å². The first-order valence-corrected chi connectivity index (χ1v) is 8.59. The Morgan fingerprint density at radius 3 is 2.59 bits per heavy atom. The van der Waals surface area contributed by atoms with Crippen LogP contribution in [0.2, 0.25) is 0 Å². The molecule has 0 saturated carbocycles. The summed E-state index contributed by atoms with van der Waals surface area (Å²) in [6, 6.07) is 12.9. The minimum Gasteiger partial charge on any atom is -0.333 e. The third kappa shape index (κ3) is 2.19. The van der Waals surface area contributed by atoms with Gasteiger partial charge in [-0.2, -0.15) is 9.37 Å². The Morgan fingerprint density at radius 1 is 0.897 bits per heavy atom. The Bertz CT molecular complexity index is 1530. The van der Waals surface area contributed by atoms with Crippen molar-refractivity contribution < 1.29 is 13.3 Å². The Balaban J connectivity index is 1.63. The molecule has 0 N–H and O–H groups in total. The summed E-state index contributed by atoms with van der Waals surface area (Å²) in [5.41, 5.74) is 2.11. The minimum absolute atomic E-state index is 0.163. The van der Waals surface area contributed by atoms with Gasteiger partial charge in [0, 0.05) is 10.9 Å². The van der Waals surface area contributed by atoms with E-state index in [1.54, 1.807) is 10.5 Å². The van der Waals surface area contributed by atoms with Crippen LogP contribution in [-0.2, 0) is 0 Å². The van der Waals surface area contributed by atoms with E-state index >= 15 is 0 Å². The van der Waals surface area contributed by atoms with E-state index in [0.29, 0.717) is 27.8 Å². The lowest BCUT2D eigenvalue weighted by molar-refractivity contribution is 0.431. The van der Waals surface area contributed by atoms with Crippen LogP contribution in [0, 0.1) is 11.9 Å². The summed E-state index contributed by atoms with van der Waals surface area (Å²) >= 11 is 0. The fraction of sp³-hybridized carbons (Fsp3) is 0. The van der Waals surface area contributed by atoms with Crippen molar-refractivity contribution in [3.05, 3.63) is 66.6 Å². The second kappa shape index (κ2) is 5.64. The van der Waals surface area contributed by atoms with Gasteiger partial charge in [-0.1, -0.05) is 17.3 Å². The molecule has 0 unspecified atom stereocenters. The lowest BCUT2D eigenvalue weighted by Crippen LogP contribution is -2.01. The second-order valence-corrected chi connectivity index (χ2v) is 6.35. The maximum absolute atomic E-state index is 14.4. The van der Waals surface area contributed by atoms with Crippen LogP contribution < -0.4 is 0 Å². The molecular weight excluding hydrogens is 380 g/mol. The van der Waals surface area contributed by atoms with Gasteiger partial charge in [-0.05, 0) is 36.4 Å². The summed E-state index contributed by atoms with van der Waals surface area (Å²) in [5.74, 6) is 0.269. The van der Waals surface area contributed by atoms with Crippen LogP contribution in [0.3, 0.4) is 0 Å². The van der Waals surface area contributed by atoms with E-state index in [2.05, 4.69) is 25.3 Å². The van der Waals surface area contributed by atoms with Gasteiger partial charge >= 0.3 is 0 Å². The quantitative estimate of drug-likeness (QED) is 0.450. The van der Waals surface area contributed by atoms with E-state index in [0.717, 1.165) is 0 Å². The van der Waals surface area contributed by atoms with Crippen LogP contribution in [0.15, 0.2) is 59.3 Å². The monoisotopic (exact) mass is 389 g/mol. The molecule has 0 bridgehead atoms. The van der Waals surface area contributed by atoms with Gasteiger partial charge in [0.05, 0.1) is 11.7 Å². The normalized spacial score (nSPS) is 11.8. The summed E-state index contributed by atoms with van der Waals surface area (Å²) < 4.78 is 35.9. The highest BCUT2D eigenvalue weighted by molar-refractivity contribution is 5.94. The topological polar surface area (TPSA) is 86.4 Å². The van der Waals surface area contributed by atoms with Gasteiger partial charge in [0.25, 0.3) is 12.0 Å². The SMILES string of the molecule is Fc1ccc(-c2nc(-c3nnc4c5ccccc5n5c(F)ncc5n34)no2)cc1. The molecule has 4 heterocycles. The lowest BCUT2D eigenvalue weighted by Gasteiger charge is -2.06. The van der Waals surface area contributed by atoms with E-state index in [1.165, 1.54) is 34.9 Å². The molecule has 0 aliphatic carbocycles. The molecule has 140 valence electrons. The summed E-state index contributed by atoms with van der Waals surface area (Å²) in [5, 5.41) is 13.1. The first kappa shape index (κ1) is 15.8. The van der Waals surface area contributed by atoms with Crippen LogP contribution >= 0.6 is 0 Å². The molecular formula is C19H9F2N7O. The molecule has 29 heavy (non-hydrogen) atoms. The van der Waals surface area contributed by atoms with Crippen LogP contribution in [0.25, 0.3) is 45.3 Å². The van der Waals surface area contributed by atoms with E-state index in [-0.39, 0.29) is 23.4 Å². The molecule has 2 aromatic carbocycles. The van der Waals surface area contributed by atoms with Gasteiger partial charge in [-0.25, -0.2) is 9.37 Å². The Hall–Kier alpha value is -4.21. The number of para-hydroxylation sites is 1. The minimum atomic E-state index is -0.655. The molecule has 6 aromatic rings. The molecule has 0 fully saturated rings. The predicted octanol–water partition coefficient (Wildman–Crippen LogP) is 3.53. The number of hydrogen-bond donors (Lipinski definition) is 0. The van der Waals surface area contributed by atoms with Gasteiger partial charge in [0.15, 0.2) is 5.65 Å². The fourth-order valence-electron chi connectivity index (χ4n) is 3.40. The molecule has 8 nitrogen and oxygen atoms in total. The molecule has 4 aromatic heterocycles. The largest absolute Gasteiger partial charge is 0.333 e. The molecule has 0 aliphatic heterocycles. The molecule has 6 rings (SSSR count). The average Bonchev–Trinajstić information content (AvgIpc) is 3.46. The van der Waals surface area contributed by atoms with Gasteiger partial charge < -0.3 is 4.52 Å². The molecule has 10 heteroatoms. The number of hydrogen-bond acceptors (Lipinski definition) is 6. The smallest absolute Gasteiger partial charge is 0.295 e. The first-order chi connectivity index (χ1) is 14.2. The summed E-state index contributed by atoms with van der Waals surface area (Å²) in [6.45, 7) is 0. The van der Waals surface area contributed by atoms with Crippen molar-refractivity contribution in [2.24, 2.45) is 0 Å². The highest BCUT2D eigenvalue weighted by atomic mass is 19.1. The van der Waals surface area contributed by atoms with E-state index in [9.17, 15) is 8.78 Å². The zero-order valence-corrected chi connectivity index (χ0v) is 14.5. The number of benzene rings is 2. The van der Waals surface area contributed by atoms with Gasteiger partial charge in [-0.15, -0.1) is 10.2 Å². The maximum atomic E-state index is 14.4. The molecule has 0 spiro atoms. The Morgan fingerprint density at radius 2 is 1.72 bits per heavy atom. The number of rotatable bonds is 2. The highest BCUT2D eigenvalue weighted by Crippen LogP contribution is 2.28. The fourth-order valence-corrected chi connectivity index (χ4v) is 3.40. The third-order valence-electron chi connectivity index (χ3n) is 4.70. The summed E-state index contributed by atoms with van der Waals surface area (Å²) in [6.07, 6.45) is 0.737. The molecule has 0 aliphatic rings. The van der Waals surface area contributed by atoms with E-state index in [1.807, 2.05) is 18.2 Å².